The summed E-state index contributed by atoms with van der Waals surface area (Å²) in [6.45, 7) is 9.47. The molecule has 0 aromatic heterocycles. The van der Waals surface area contributed by atoms with Crippen LogP contribution in [0.1, 0.15) is 25.8 Å². The number of benzene rings is 1. The van der Waals surface area contributed by atoms with Crippen molar-refractivity contribution in [1.29, 1.82) is 0 Å². The van der Waals surface area contributed by atoms with Crippen molar-refractivity contribution in [3.05, 3.63) is 28.8 Å². The van der Waals surface area contributed by atoms with Crippen LogP contribution in [0.4, 0.5) is 5.69 Å². The van der Waals surface area contributed by atoms with E-state index in [-0.39, 0.29) is 0 Å². The normalized spacial score (nSPS) is 20.4. The Bertz CT molecular complexity index is 436. The number of halogens is 1. The Morgan fingerprint density at radius 1 is 1.30 bits per heavy atom. The number of nitrogens with zero attached hydrogens (tertiary/aromatic N) is 2. The maximum absolute atomic E-state index is 6.49. The van der Waals surface area contributed by atoms with E-state index >= 15 is 0 Å². The van der Waals surface area contributed by atoms with Crippen molar-refractivity contribution in [2.45, 2.75) is 32.9 Å². The summed E-state index contributed by atoms with van der Waals surface area (Å²) < 4.78 is 0. The van der Waals surface area contributed by atoms with E-state index in [0.717, 1.165) is 37.7 Å². The molecule has 1 aliphatic heterocycles. The molecule has 1 heterocycles. The largest absolute Gasteiger partial charge is 0.367 e. The van der Waals surface area contributed by atoms with Gasteiger partial charge in [0, 0.05) is 32.2 Å². The molecular formula is C16H26ClN3. The highest BCUT2D eigenvalue weighted by atomic mass is 35.5. The van der Waals surface area contributed by atoms with Crippen molar-refractivity contribution in [1.82, 2.24) is 10.2 Å². The molecule has 1 aliphatic rings. The maximum Gasteiger partial charge on any atom is 0.0642 e. The number of rotatable bonds is 5. The molecule has 1 atom stereocenters. The number of anilines is 1. The molecule has 0 aliphatic carbocycles. The lowest BCUT2D eigenvalue weighted by atomic mass is 10.1. The minimum atomic E-state index is 0.618. The zero-order valence-corrected chi connectivity index (χ0v) is 13.6. The van der Waals surface area contributed by atoms with Crippen LogP contribution in [-0.4, -0.2) is 44.2 Å². The third kappa shape index (κ3) is 3.46. The minimum absolute atomic E-state index is 0.618. The van der Waals surface area contributed by atoms with Crippen molar-refractivity contribution in [2.75, 3.05) is 38.1 Å². The van der Waals surface area contributed by atoms with Gasteiger partial charge in [0.15, 0.2) is 0 Å². The molecule has 1 aromatic rings. The summed E-state index contributed by atoms with van der Waals surface area (Å²) in [6.07, 6.45) is 1.18. The molecule has 0 amide bonds. The van der Waals surface area contributed by atoms with Crippen LogP contribution in [0.2, 0.25) is 5.02 Å². The number of likely N-dealkylation sites (N-methyl/N-ethyl adjacent to an activating group) is 1. The fourth-order valence-corrected chi connectivity index (χ4v) is 3.22. The predicted molar refractivity (Wildman–Crippen MR) is 87.8 cm³/mol. The first-order chi connectivity index (χ1) is 9.67. The summed E-state index contributed by atoms with van der Waals surface area (Å²) in [5, 5.41) is 4.28. The van der Waals surface area contributed by atoms with Crippen molar-refractivity contribution in [3.8, 4) is 0 Å². The van der Waals surface area contributed by atoms with E-state index in [1.807, 2.05) is 12.1 Å². The average molecular weight is 296 g/mol. The van der Waals surface area contributed by atoms with Crippen molar-refractivity contribution in [2.24, 2.45) is 0 Å². The Labute approximate surface area is 127 Å². The third-order valence-electron chi connectivity index (χ3n) is 4.20. The summed E-state index contributed by atoms with van der Waals surface area (Å²) >= 11 is 6.49. The quantitative estimate of drug-likeness (QED) is 0.901. The lowest BCUT2D eigenvalue weighted by Gasteiger charge is -2.41. The summed E-state index contributed by atoms with van der Waals surface area (Å²) in [5.74, 6) is 0. The topological polar surface area (TPSA) is 18.5 Å². The standard InChI is InChI=1S/C16H26ClN3/c1-4-14-12-20(10-9-19(14)3)16-13(11-18-5-2)7-6-8-15(16)17/h6-8,14,18H,4-5,9-12H2,1-3H3. The molecule has 1 unspecified atom stereocenters. The second-order valence-electron chi connectivity index (χ2n) is 5.52. The molecule has 112 valence electrons. The second kappa shape index (κ2) is 7.30. The fraction of sp³-hybridized carbons (Fsp3) is 0.625. The van der Waals surface area contributed by atoms with Gasteiger partial charge in [-0.3, -0.25) is 4.90 Å². The summed E-state index contributed by atoms with van der Waals surface area (Å²) in [7, 11) is 2.22. The molecule has 1 fully saturated rings. The van der Waals surface area contributed by atoms with Crippen LogP contribution >= 0.6 is 11.6 Å². The van der Waals surface area contributed by atoms with Crippen LogP contribution in [0.3, 0.4) is 0 Å². The van der Waals surface area contributed by atoms with Gasteiger partial charge in [-0.1, -0.05) is 37.6 Å². The first-order valence-electron chi connectivity index (χ1n) is 7.60. The van der Waals surface area contributed by atoms with Crippen LogP contribution in [0, 0.1) is 0 Å². The molecule has 1 aromatic carbocycles. The molecule has 20 heavy (non-hydrogen) atoms. The summed E-state index contributed by atoms with van der Waals surface area (Å²) in [6, 6.07) is 6.85. The van der Waals surface area contributed by atoms with Gasteiger partial charge in [-0.05, 0) is 31.6 Å². The predicted octanol–water partition coefficient (Wildman–Crippen LogP) is 2.98. The van der Waals surface area contributed by atoms with Gasteiger partial charge >= 0.3 is 0 Å². The van der Waals surface area contributed by atoms with Gasteiger partial charge in [-0.2, -0.15) is 0 Å². The first kappa shape index (κ1) is 15.6. The molecule has 3 nitrogen and oxygen atoms in total. The molecule has 0 spiro atoms. The van der Waals surface area contributed by atoms with Crippen LogP contribution in [0.25, 0.3) is 0 Å². The van der Waals surface area contributed by atoms with E-state index < -0.39 is 0 Å². The lowest BCUT2D eigenvalue weighted by molar-refractivity contribution is 0.213. The van der Waals surface area contributed by atoms with Gasteiger partial charge in [0.25, 0.3) is 0 Å². The highest BCUT2D eigenvalue weighted by molar-refractivity contribution is 6.33. The van der Waals surface area contributed by atoms with Gasteiger partial charge in [-0.15, -0.1) is 0 Å². The third-order valence-corrected chi connectivity index (χ3v) is 4.51. The summed E-state index contributed by atoms with van der Waals surface area (Å²) in [4.78, 5) is 4.92. The Kier molecular flexibility index (Phi) is 5.70. The molecule has 1 N–H and O–H groups in total. The average Bonchev–Trinajstić information content (AvgIpc) is 2.46. The zero-order chi connectivity index (χ0) is 14.5. The number of piperazine rings is 1. The van der Waals surface area contributed by atoms with E-state index in [1.165, 1.54) is 17.7 Å². The van der Waals surface area contributed by atoms with Gasteiger partial charge in [0.2, 0.25) is 0 Å². The molecule has 1 saturated heterocycles. The molecule has 4 heteroatoms. The second-order valence-corrected chi connectivity index (χ2v) is 5.92. The van der Waals surface area contributed by atoms with Crippen LogP contribution in [0.5, 0.6) is 0 Å². The zero-order valence-electron chi connectivity index (χ0n) is 12.8. The Hall–Kier alpha value is -0.770. The van der Waals surface area contributed by atoms with E-state index in [9.17, 15) is 0 Å². The number of hydrogen-bond acceptors (Lipinski definition) is 3. The van der Waals surface area contributed by atoms with Crippen LogP contribution < -0.4 is 10.2 Å². The highest BCUT2D eigenvalue weighted by Crippen LogP contribution is 2.31. The Balaban J connectivity index is 2.22. The molecular weight excluding hydrogens is 270 g/mol. The van der Waals surface area contributed by atoms with E-state index in [1.54, 1.807) is 0 Å². The van der Waals surface area contributed by atoms with E-state index in [4.69, 9.17) is 11.6 Å². The van der Waals surface area contributed by atoms with Gasteiger partial charge in [-0.25, -0.2) is 0 Å². The van der Waals surface area contributed by atoms with Gasteiger partial charge in [0.1, 0.15) is 0 Å². The Morgan fingerprint density at radius 3 is 2.80 bits per heavy atom. The van der Waals surface area contributed by atoms with Gasteiger partial charge in [0.05, 0.1) is 10.7 Å². The van der Waals surface area contributed by atoms with E-state index in [0.29, 0.717) is 6.04 Å². The monoisotopic (exact) mass is 295 g/mol. The number of hydrogen-bond donors (Lipinski definition) is 1. The molecule has 0 radical (unpaired) electrons. The lowest BCUT2D eigenvalue weighted by Crippen LogP contribution is -2.51. The number of para-hydroxylation sites is 1. The SMILES string of the molecule is CCNCc1cccc(Cl)c1N1CCN(C)C(CC)C1. The van der Waals surface area contributed by atoms with Crippen LogP contribution in [0.15, 0.2) is 18.2 Å². The highest BCUT2D eigenvalue weighted by Gasteiger charge is 2.25. The van der Waals surface area contributed by atoms with Gasteiger partial charge < -0.3 is 10.2 Å². The molecule has 2 rings (SSSR count). The maximum atomic E-state index is 6.49. The van der Waals surface area contributed by atoms with Crippen molar-refractivity contribution < 1.29 is 0 Å². The van der Waals surface area contributed by atoms with Crippen molar-refractivity contribution in [3.63, 3.8) is 0 Å². The molecule has 0 bridgehead atoms. The smallest absolute Gasteiger partial charge is 0.0642 e. The van der Waals surface area contributed by atoms with E-state index in [2.05, 4.69) is 42.1 Å². The fourth-order valence-electron chi connectivity index (χ4n) is 2.91. The molecule has 0 saturated carbocycles. The van der Waals surface area contributed by atoms with Crippen molar-refractivity contribution >= 4 is 17.3 Å². The summed E-state index contributed by atoms with van der Waals surface area (Å²) in [5.41, 5.74) is 2.53. The van der Waals surface area contributed by atoms with Crippen LogP contribution in [-0.2, 0) is 6.54 Å². The minimum Gasteiger partial charge on any atom is -0.367 e. The number of nitrogens with one attached hydrogen (secondary N) is 1. The Morgan fingerprint density at radius 2 is 2.10 bits per heavy atom. The first-order valence-corrected chi connectivity index (χ1v) is 7.98.